The van der Waals surface area contributed by atoms with Crippen molar-refractivity contribution in [1.82, 2.24) is 13.9 Å². The van der Waals surface area contributed by atoms with Crippen molar-refractivity contribution >= 4 is 10.2 Å². The van der Waals surface area contributed by atoms with Crippen molar-refractivity contribution in [2.45, 2.75) is 52.0 Å². The molecule has 2 rings (SSSR count). The summed E-state index contributed by atoms with van der Waals surface area (Å²) in [5.41, 5.74) is 0.0934. The monoisotopic (exact) mass is 303 g/mol. The van der Waals surface area contributed by atoms with Crippen LogP contribution in [0.3, 0.4) is 0 Å². The second-order valence-corrected chi connectivity index (χ2v) is 9.04. The van der Waals surface area contributed by atoms with Gasteiger partial charge in [0.1, 0.15) is 0 Å². The summed E-state index contributed by atoms with van der Waals surface area (Å²) in [6.07, 6.45) is 4.10. The zero-order chi connectivity index (χ0) is 14.8. The minimum Gasteiger partial charge on any atom is -0.312 e. The Morgan fingerprint density at radius 2 is 1.65 bits per heavy atom. The predicted molar refractivity (Wildman–Crippen MR) is 81.8 cm³/mol. The van der Waals surface area contributed by atoms with Crippen LogP contribution < -0.4 is 5.32 Å². The van der Waals surface area contributed by atoms with Crippen LogP contribution in [0.25, 0.3) is 0 Å². The third-order valence-electron chi connectivity index (χ3n) is 4.12. The molecule has 0 aromatic carbocycles. The van der Waals surface area contributed by atoms with E-state index in [4.69, 9.17) is 0 Å². The zero-order valence-corrected chi connectivity index (χ0v) is 13.9. The SMILES string of the molecule is CC(C)(C)NCC1CCCN(S(=O)(=O)N2CCCC2)C1. The van der Waals surface area contributed by atoms with Gasteiger partial charge in [-0.2, -0.15) is 17.0 Å². The van der Waals surface area contributed by atoms with E-state index in [1.807, 2.05) is 0 Å². The van der Waals surface area contributed by atoms with E-state index in [2.05, 4.69) is 26.1 Å². The first kappa shape index (κ1) is 16.2. The second-order valence-electron chi connectivity index (χ2n) is 7.11. The van der Waals surface area contributed by atoms with Crippen LogP contribution in [-0.2, 0) is 10.2 Å². The van der Waals surface area contributed by atoms with Gasteiger partial charge < -0.3 is 5.32 Å². The lowest BCUT2D eigenvalue weighted by molar-refractivity contribution is 0.234. The van der Waals surface area contributed by atoms with Crippen molar-refractivity contribution in [2.24, 2.45) is 5.92 Å². The highest BCUT2D eigenvalue weighted by molar-refractivity contribution is 7.86. The maximum absolute atomic E-state index is 12.6. The zero-order valence-electron chi connectivity index (χ0n) is 13.1. The van der Waals surface area contributed by atoms with Crippen LogP contribution in [0.15, 0.2) is 0 Å². The van der Waals surface area contributed by atoms with E-state index in [1.165, 1.54) is 0 Å². The maximum atomic E-state index is 12.6. The van der Waals surface area contributed by atoms with Crippen LogP contribution in [0.4, 0.5) is 0 Å². The van der Waals surface area contributed by atoms with E-state index in [9.17, 15) is 8.42 Å². The van der Waals surface area contributed by atoms with Crippen LogP contribution in [0, 0.1) is 5.92 Å². The summed E-state index contributed by atoms with van der Waals surface area (Å²) in [5, 5.41) is 3.50. The fourth-order valence-electron chi connectivity index (χ4n) is 2.94. The molecule has 2 aliphatic rings. The van der Waals surface area contributed by atoms with E-state index in [0.717, 1.165) is 32.2 Å². The van der Waals surface area contributed by atoms with Crippen LogP contribution in [0.1, 0.15) is 46.5 Å². The summed E-state index contributed by atoms with van der Waals surface area (Å²) in [7, 11) is -3.21. The highest BCUT2D eigenvalue weighted by Gasteiger charge is 2.34. The van der Waals surface area contributed by atoms with Crippen molar-refractivity contribution in [3.63, 3.8) is 0 Å². The maximum Gasteiger partial charge on any atom is 0.281 e. The largest absolute Gasteiger partial charge is 0.312 e. The first-order valence-corrected chi connectivity index (χ1v) is 9.19. The summed E-state index contributed by atoms with van der Waals surface area (Å²) < 4.78 is 28.5. The smallest absolute Gasteiger partial charge is 0.281 e. The first-order valence-electron chi connectivity index (χ1n) is 7.79. The number of hydrogen-bond acceptors (Lipinski definition) is 3. The molecule has 2 heterocycles. The average molecular weight is 303 g/mol. The molecule has 118 valence electrons. The molecule has 20 heavy (non-hydrogen) atoms. The Hall–Kier alpha value is -0.170. The standard InChI is InChI=1S/C14H29N3O2S/c1-14(2,3)15-11-13-7-6-10-17(12-13)20(18,19)16-8-4-5-9-16/h13,15H,4-12H2,1-3H3. The molecule has 5 nitrogen and oxygen atoms in total. The molecular formula is C14H29N3O2S. The molecule has 0 amide bonds. The van der Waals surface area contributed by atoms with Crippen LogP contribution in [0.5, 0.6) is 0 Å². The van der Waals surface area contributed by atoms with Crippen molar-refractivity contribution < 1.29 is 8.42 Å². The van der Waals surface area contributed by atoms with E-state index in [1.54, 1.807) is 8.61 Å². The molecule has 0 bridgehead atoms. The van der Waals surface area contributed by atoms with Gasteiger partial charge in [0, 0.05) is 31.7 Å². The number of nitrogens with zero attached hydrogens (tertiary/aromatic N) is 2. The normalized spacial score (nSPS) is 27.1. The Bertz CT molecular complexity index is 411. The lowest BCUT2D eigenvalue weighted by atomic mass is 9.98. The third kappa shape index (κ3) is 4.16. The Balaban J connectivity index is 1.92. The van der Waals surface area contributed by atoms with Crippen LogP contribution in [0.2, 0.25) is 0 Å². The van der Waals surface area contributed by atoms with E-state index in [0.29, 0.717) is 32.1 Å². The molecule has 0 aromatic heterocycles. The van der Waals surface area contributed by atoms with Crippen molar-refractivity contribution in [1.29, 1.82) is 0 Å². The van der Waals surface area contributed by atoms with Gasteiger partial charge >= 0.3 is 0 Å². The fourth-order valence-corrected chi connectivity index (χ4v) is 4.74. The van der Waals surface area contributed by atoms with Gasteiger partial charge in [-0.1, -0.05) is 0 Å². The number of nitrogens with one attached hydrogen (secondary N) is 1. The van der Waals surface area contributed by atoms with Crippen molar-refractivity contribution in [2.75, 3.05) is 32.7 Å². The minimum absolute atomic E-state index is 0.0934. The number of rotatable bonds is 4. The molecule has 0 spiro atoms. The molecule has 6 heteroatoms. The van der Waals surface area contributed by atoms with Gasteiger partial charge in [0.15, 0.2) is 0 Å². The quantitative estimate of drug-likeness (QED) is 0.855. The highest BCUT2D eigenvalue weighted by Crippen LogP contribution is 2.23. The lowest BCUT2D eigenvalue weighted by Crippen LogP contribution is -2.49. The molecule has 2 saturated heterocycles. The van der Waals surface area contributed by atoms with E-state index < -0.39 is 10.2 Å². The molecule has 1 atom stereocenters. The van der Waals surface area contributed by atoms with Crippen molar-refractivity contribution in [3.05, 3.63) is 0 Å². The Morgan fingerprint density at radius 3 is 2.25 bits per heavy atom. The Morgan fingerprint density at radius 1 is 1.05 bits per heavy atom. The summed E-state index contributed by atoms with van der Waals surface area (Å²) in [6, 6.07) is 0. The summed E-state index contributed by atoms with van der Waals surface area (Å²) >= 11 is 0. The molecule has 1 N–H and O–H groups in total. The fraction of sp³-hybridized carbons (Fsp3) is 1.00. The number of hydrogen-bond donors (Lipinski definition) is 1. The van der Waals surface area contributed by atoms with E-state index in [-0.39, 0.29) is 5.54 Å². The highest BCUT2D eigenvalue weighted by atomic mass is 32.2. The lowest BCUT2D eigenvalue weighted by Gasteiger charge is -2.35. The van der Waals surface area contributed by atoms with Crippen LogP contribution >= 0.6 is 0 Å². The summed E-state index contributed by atoms with van der Waals surface area (Å²) in [5.74, 6) is 0.431. The van der Waals surface area contributed by atoms with Gasteiger partial charge in [-0.05, 0) is 58.9 Å². The predicted octanol–water partition coefficient (Wildman–Crippen LogP) is 1.43. The van der Waals surface area contributed by atoms with Gasteiger partial charge in [-0.3, -0.25) is 0 Å². The molecule has 0 radical (unpaired) electrons. The number of piperidine rings is 1. The molecule has 2 fully saturated rings. The molecule has 0 aliphatic carbocycles. The van der Waals surface area contributed by atoms with Crippen molar-refractivity contribution in [3.8, 4) is 0 Å². The topological polar surface area (TPSA) is 52.7 Å². The summed E-state index contributed by atoms with van der Waals surface area (Å²) in [6.45, 7) is 10.1. The Labute approximate surface area is 123 Å². The summed E-state index contributed by atoms with van der Waals surface area (Å²) in [4.78, 5) is 0. The third-order valence-corrected chi connectivity index (χ3v) is 6.12. The van der Waals surface area contributed by atoms with Gasteiger partial charge in [-0.25, -0.2) is 0 Å². The molecule has 1 unspecified atom stereocenters. The average Bonchev–Trinajstić information content (AvgIpc) is 2.90. The minimum atomic E-state index is -3.21. The molecule has 0 aromatic rings. The van der Waals surface area contributed by atoms with Gasteiger partial charge in [-0.15, -0.1) is 0 Å². The molecular weight excluding hydrogens is 274 g/mol. The first-order chi connectivity index (χ1) is 9.29. The Kier molecular flexibility index (Phi) is 5.10. The second kappa shape index (κ2) is 6.30. The van der Waals surface area contributed by atoms with Gasteiger partial charge in [0.25, 0.3) is 10.2 Å². The van der Waals surface area contributed by atoms with Crippen LogP contribution in [-0.4, -0.2) is 55.3 Å². The molecule has 0 saturated carbocycles. The molecule has 2 aliphatic heterocycles. The van der Waals surface area contributed by atoms with Gasteiger partial charge in [0.05, 0.1) is 0 Å². The van der Waals surface area contributed by atoms with Gasteiger partial charge in [0.2, 0.25) is 0 Å². The van der Waals surface area contributed by atoms with E-state index >= 15 is 0 Å².